The number of nitrogen functional groups attached to an aromatic ring is 1. The molecule has 4 rings (SSSR count). The van der Waals surface area contributed by atoms with Crippen LogP contribution in [-0.4, -0.2) is 58.1 Å². The molecule has 3 aromatic carbocycles. The van der Waals surface area contributed by atoms with Gasteiger partial charge in [0.15, 0.2) is 0 Å². The fourth-order valence-corrected chi connectivity index (χ4v) is 6.83. The molecule has 0 saturated carbocycles. The van der Waals surface area contributed by atoms with Gasteiger partial charge in [-0.25, -0.2) is 17.5 Å². The average molecular weight is 635 g/mol. The number of fused-ring (bicyclic) bond motifs is 1. The maximum atomic E-state index is 14.1. The number of hydrogen-bond donors (Lipinski definition) is 3. The van der Waals surface area contributed by atoms with Crippen LogP contribution < -0.4 is 21.1 Å². The van der Waals surface area contributed by atoms with E-state index in [2.05, 4.69) is 5.32 Å². The Kier molecular flexibility index (Phi) is 10.0. The smallest absolute Gasteiger partial charge is 0.321 e. The van der Waals surface area contributed by atoms with Gasteiger partial charge >= 0.3 is 6.03 Å². The number of halogens is 2. The van der Waals surface area contributed by atoms with Crippen LogP contribution in [0.5, 0.6) is 0 Å². The molecule has 1 aliphatic rings. The second kappa shape index (κ2) is 13.3. The van der Waals surface area contributed by atoms with E-state index in [9.17, 15) is 18.0 Å². The number of benzene rings is 3. The van der Waals surface area contributed by atoms with Crippen molar-refractivity contribution in [1.29, 1.82) is 0 Å². The Labute approximate surface area is 255 Å². The van der Waals surface area contributed by atoms with E-state index in [-0.39, 0.29) is 44.5 Å². The highest BCUT2D eigenvalue weighted by Gasteiger charge is 2.47. The lowest BCUT2D eigenvalue weighted by molar-refractivity contribution is -0.117. The number of anilines is 3. The van der Waals surface area contributed by atoms with Crippen molar-refractivity contribution in [3.63, 3.8) is 0 Å². The summed E-state index contributed by atoms with van der Waals surface area (Å²) in [6.45, 7) is 5.72. The van der Waals surface area contributed by atoms with E-state index in [0.717, 1.165) is 4.31 Å². The second-order valence-electron chi connectivity index (χ2n) is 9.54. The van der Waals surface area contributed by atoms with Crippen molar-refractivity contribution in [2.24, 2.45) is 5.73 Å². The molecule has 13 heteroatoms. The van der Waals surface area contributed by atoms with Crippen LogP contribution in [0.2, 0.25) is 10.0 Å². The Morgan fingerprint density at radius 2 is 1.74 bits per heavy atom. The minimum absolute atomic E-state index is 0.0911. The normalized spacial score (nSPS) is 14.6. The number of urea groups is 1. The van der Waals surface area contributed by atoms with Gasteiger partial charge in [0, 0.05) is 35.9 Å². The molecular formula is C29H33Cl2N5O5S. The minimum Gasteiger partial charge on any atom is -0.397 e. The zero-order valence-electron chi connectivity index (χ0n) is 23.3. The quantitative estimate of drug-likeness (QED) is 0.202. The first-order chi connectivity index (χ1) is 20.1. The van der Waals surface area contributed by atoms with Gasteiger partial charge < -0.3 is 26.4 Å². The van der Waals surface area contributed by atoms with Crippen LogP contribution in [0.4, 0.5) is 21.9 Å². The first-order valence-electron chi connectivity index (χ1n) is 13.4. The number of nitrogens with two attached hydrogens (primary N) is 2. The second-order valence-corrected chi connectivity index (χ2v) is 12.1. The van der Waals surface area contributed by atoms with Gasteiger partial charge in [0.25, 0.3) is 15.9 Å². The molecule has 0 saturated heterocycles. The highest BCUT2D eigenvalue weighted by molar-refractivity contribution is 7.93. The van der Waals surface area contributed by atoms with Gasteiger partial charge in [-0.2, -0.15) is 0 Å². The molecule has 3 aromatic rings. The van der Waals surface area contributed by atoms with Gasteiger partial charge in [0.1, 0.15) is 0 Å². The van der Waals surface area contributed by atoms with Crippen molar-refractivity contribution in [2.45, 2.75) is 31.1 Å². The highest BCUT2D eigenvalue weighted by Crippen LogP contribution is 2.50. The molecule has 3 amide bonds. The number of nitrogens with zero attached hydrogens (tertiary/aromatic N) is 2. The number of rotatable bonds is 11. The number of hydrogen-bond acceptors (Lipinski definition) is 7. The first kappa shape index (κ1) is 31.6. The highest BCUT2D eigenvalue weighted by atomic mass is 35.5. The first-order valence-corrected chi connectivity index (χ1v) is 15.6. The van der Waals surface area contributed by atoms with Gasteiger partial charge in [-0.1, -0.05) is 41.4 Å². The third-order valence-electron chi connectivity index (χ3n) is 7.04. The Balaban J connectivity index is 1.78. The van der Waals surface area contributed by atoms with Crippen molar-refractivity contribution in [1.82, 2.24) is 4.90 Å². The maximum absolute atomic E-state index is 14.1. The largest absolute Gasteiger partial charge is 0.397 e. The number of ether oxygens (including phenoxy) is 1. The molecule has 224 valence electrons. The topological polar surface area (TPSA) is 148 Å². The third-order valence-corrected chi connectivity index (χ3v) is 9.55. The van der Waals surface area contributed by atoms with Gasteiger partial charge in [-0.05, 0) is 67.8 Å². The summed E-state index contributed by atoms with van der Waals surface area (Å²) in [6.07, 6.45) is 0.316. The standard InChI is InChI=1S/C29H33Cl2N5O5S/c1-3-35(4-2)29(38)34-19-9-11-20(12-10-19)42(39,40)36-23-17-18(13-15-41-16-14-32)26(31)27(33)25(23)24(28(36)37)21-7-5-6-8-22(21)30/h5-12,17,24H,3-4,13-16,32-33H2,1-2H3,(H,34,38). The molecule has 0 spiro atoms. The van der Waals surface area contributed by atoms with E-state index in [1.165, 1.54) is 24.3 Å². The lowest BCUT2D eigenvalue weighted by Gasteiger charge is -2.21. The summed E-state index contributed by atoms with van der Waals surface area (Å²) in [4.78, 5) is 27.9. The van der Waals surface area contributed by atoms with Crippen LogP contribution in [0.1, 0.15) is 36.5 Å². The van der Waals surface area contributed by atoms with E-state index >= 15 is 0 Å². The lowest BCUT2D eigenvalue weighted by Crippen LogP contribution is -2.35. The Hall–Kier alpha value is -3.35. The summed E-state index contributed by atoms with van der Waals surface area (Å²) in [6, 6.07) is 13.6. The van der Waals surface area contributed by atoms with Gasteiger partial charge in [0.2, 0.25) is 0 Å². The molecule has 0 fully saturated rings. The van der Waals surface area contributed by atoms with Gasteiger partial charge in [0.05, 0.1) is 40.4 Å². The molecular weight excluding hydrogens is 601 g/mol. The summed E-state index contributed by atoms with van der Waals surface area (Å²) in [5, 5.41) is 3.24. The molecule has 0 bridgehead atoms. The molecule has 1 unspecified atom stereocenters. The van der Waals surface area contributed by atoms with Crippen LogP contribution in [0.3, 0.4) is 0 Å². The summed E-state index contributed by atoms with van der Waals surface area (Å²) >= 11 is 13.1. The average Bonchev–Trinajstić information content (AvgIpc) is 3.27. The van der Waals surface area contributed by atoms with Gasteiger partial charge in [-0.3, -0.25) is 4.79 Å². The molecule has 1 atom stereocenters. The summed E-state index contributed by atoms with van der Waals surface area (Å²) in [7, 11) is -4.43. The minimum atomic E-state index is -4.43. The van der Waals surface area contributed by atoms with E-state index < -0.39 is 21.8 Å². The predicted octanol–water partition coefficient (Wildman–Crippen LogP) is 4.83. The fourth-order valence-electron chi connectivity index (χ4n) is 4.89. The summed E-state index contributed by atoms with van der Waals surface area (Å²) < 4.78 is 34.4. The third kappa shape index (κ3) is 6.06. The van der Waals surface area contributed by atoms with Crippen LogP contribution in [0.15, 0.2) is 59.5 Å². The van der Waals surface area contributed by atoms with Crippen molar-refractivity contribution in [3.8, 4) is 0 Å². The lowest BCUT2D eigenvalue weighted by atomic mass is 9.90. The molecule has 5 N–H and O–H groups in total. The fraction of sp³-hybridized carbons (Fsp3) is 0.310. The monoisotopic (exact) mass is 633 g/mol. The Bertz CT molecular complexity index is 1580. The van der Waals surface area contributed by atoms with Crippen LogP contribution in [-0.2, 0) is 26.0 Å². The molecule has 10 nitrogen and oxygen atoms in total. The van der Waals surface area contributed by atoms with Crippen molar-refractivity contribution < 1.29 is 22.7 Å². The number of amides is 3. The van der Waals surface area contributed by atoms with Crippen molar-refractivity contribution >= 4 is 62.2 Å². The maximum Gasteiger partial charge on any atom is 0.321 e. The molecule has 42 heavy (non-hydrogen) atoms. The molecule has 1 aliphatic heterocycles. The zero-order chi connectivity index (χ0) is 30.6. The number of carbonyl (C=O) groups is 2. The zero-order valence-corrected chi connectivity index (χ0v) is 25.6. The Morgan fingerprint density at radius 1 is 1.07 bits per heavy atom. The van der Waals surface area contributed by atoms with Gasteiger partial charge in [-0.15, -0.1) is 0 Å². The number of carbonyl (C=O) groups excluding carboxylic acids is 2. The molecule has 0 aliphatic carbocycles. The molecule has 0 radical (unpaired) electrons. The van der Waals surface area contributed by atoms with Crippen LogP contribution in [0, 0.1) is 0 Å². The molecule has 0 aromatic heterocycles. The van der Waals surface area contributed by atoms with E-state index in [1.807, 2.05) is 13.8 Å². The van der Waals surface area contributed by atoms with Crippen molar-refractivity contribution in [2.75, 3.05) is 48.2 Å². The van der Waals surface area contributed by atoms with Crippen molar-refractivity contribution in [3.05, 3.63) is 81.3 Å². The van der Waals surface area contributed by atoms with E-state index in [4.69, 9.17) is 39.4 Å². The summed E-state index contributed by atoms with van der Waals surface area (Å²) in [5.41, 5.74) is 13.8. The van der Waals surface area contributed by atoms with Crippen LogP contribution >= 0.6 is 23.2 Å². The van der Waals surface area contributed by atoms with Crippen LogP contribution in [0.25, 0.3) is 0 Å². The summed E-state index contributed by atoms with van der Waals surface area (Å²) in [5.74, 6) is -1.84. The predicted molar refractivity (Wildman–Crippen MR) is 166 cm³/mol. The molecule has 1 heterocycles. The number of sulfonamides is 1. The Morgan fingerprint density at radius 3 is 2.36 bits per heavy atom. The van der Waals surface area contributed by atoms with E-state index in [1.54, 1.807) is 35.2 Å². The van der Waals surface area contributed by atoms with E-state index in [0.29, 0.717) is 49.5 Å². The SMILES string of the molecule is CCN(CC)C(=O)Nc1ccc(S(=O)(=O)N2C(=O)C(c3ccccc3Cl)c3c2cc(CCOCCN)c(Cl)c3N)cc1. The number of nitrogens with one attached hydrogen (secondary N) is 1.